The van der Waals surface area contributed by atoms with Gasteiger partial charge in [0, 0.05) is 0 Å². The highest BCUT2D eigenvalue weighted by Gasteiger charge is 2.15. The minimum Gasteiger partial charge on any atom is -0.319 e. The molecule has 2 aromatic carbocycles. The summed E-state index contributed by atoms with van der Waals surface area (Å²) in [6.45, 7) is 0. The summed E-state index contributed by atoms with van der Waals surface area (Å²) in [7, 11) is 0. The molecule has 0 saturated carbocycles. The van der Waals surface area contributed by atoms with Crippen LogP contribution in [0.25, 0.3) is 0 Å². The van der Waals surface area contributed by atoms with Crippen molar-refractivity contribution in [3.05, 3.63) is 63.6 Å². The van der Waals surface area contributed by atoms with Gasteiger partial charge in [-0.3, -0.25) is 4.79 Å². The second-order valence-electron chi connectivity index (χ2n) is 3.68. The van der Waals surface area contributed by atoms with Crippen molar-refractivity contribution in [3.8, 4) is 0 Å². The van der Waals surface area contributed by atoms with Crippen molar-refractivity contribution in [2.45, 2.75) is 0 Å². The normalized spacial score (nSPS) is 10.3. The van der Waals surface area contributed by atoms with Gasteiger partial charge in [0.15, 0.2) is 0 Å². The van der Waals surface area contributed by atoms with Crippen LogP contribution in [0.2, 0.25) is 10.0 Å². The summed E-state index contributed by atoms with van der Waals surface area (Å²) in [4.78, 5) is 11.9. The van der Waals surface area contributed by atoms with E-state index in [9.17, 15) is 13.6 Å². The van der Waals surface area contributed by atoms with Crippen molar-refractivity contribution in [1.29, 1.82) is 0 Å². The van der Waals surface area contributed by atoms with Crippen LogP contribution in [0.15, 0.2) is 36.4 Å². The van der Waals surface area contributed by atoms with Gasteiger partial charge in [-0.1, -0.05) is 35.3 Å². The molecule has 0 heterocycles. The van der Waals surface area contributed by atoms with Crippen LogP contribution in [0.4, 0.5) is 14.5 Å². The molecule has 98 valence electrons. The molecular weight excluding hydrogens is 295 g/mol. The third-order valence-electron chi connectivity index (χ3n) is 2.36. The zero-order valence-corrected chi connectivity index (χ0v) is 10.9. The van der Waals surface area contributed by atoms with E-state index in [0.717, 1.165) is 18.2 Å². The van der Waals surface area contributed by atoms with E-state index >= 15 is 0 Å². The molecule has 1 amide bonds. The molecule has 6 heteroatoms. The quantitative estimate of drug-likeness (QED) is 0.868. The van der Waals surface area contributed by atoms with E-state index in [-0.39, 0.29) is 21.3 Å². The summed E-state index contributed by atoms with van der Waals surface area (Å²) >= 11 is 11.5. The van der Waals surface area contributed by atoms with E-state index in [4.69, 9.17) is 23.2 Å². The zero-order chi connectivity index (χ0) is 14.0. The van der Waals surface area contributed by atoms with Gasteiger partial charge < -0.3 is 5.32 Å². The number of hydrogen-bond donors (Lipinski definition) is 1. The maximum Gasteiger partial charge on any atom is 0.258 e. The number of carbonyl (C=O) groups is 1. The van der Waals surface area contributed by atoms with Crippen LogP contribution in [-0.4, -0.2) is 5.91 Å². The fourth-order valence-electron chi connectivity index (χ4n) is 1.49. The van der Waals surface area contributed by atoms with Crippen molar-refractivity contribution in [3.63, 3.8) is 0 Å². The van der Waals surface area contributed by atoms with Gasteiger partial charge in [0.1, 0.15) is 11.6 Å². The molecule has 2 aromatic rings. The highest BCUT2D eigenvalue weighted by atomic mass is 35.5. The van der Waals surface area contributed by atoms with E-state index in [1.807, 2.05) is 0 Å². The van der Waals surface area contributed by atoms with Crippen LogP contribution in [0, 0.1) is 11.6 Å². The Morgan fingerprint density at radius 2 is 1.63 bits per heavy atom. The fraction of sp³-hybridized carbons (Fsp3) is 0. The maximum atomic E-state index is 13.4. The van der Waals surface area contributed by atoms with Gasteiger partial charge in [-0.2, -0.15) is 0 Å². The SMILES string of the molecule is O=C(Nc1c(Cl)cc(F)cc1Cl)c1ccccc1F. The Morgan fingerprint density at radius 3 is 2.21 bits per heavy atom. The number of nitrogens with one attached hydrogen (secondary N) is 1. The number of halogens is 4. The third-order valence-corrected chi connectivity index (χ3v) is 2.96. The number of carbonyl (C=O) groups excluding carboxylic acids is 1. The van der Waals surface area contributed by atoms with E-state index in [0.29, 0.717) is 0 Å². The number of benzene rings is 2. The Kier molecular flexibility index (Phi) is 4.02. The number of amides is 1. The molecule has 0 radical (unpaired) electrons. The van der Waals surface area contributed by atoms with Crippen molar-refractivity contribution < 1.29 is 13.6 Å². The van der Waals surface area contributed by atoms with Gasteiger partial charge in [-0.15, -0.1) is 0 Å². The highest BCUT2D eigenvalue weighted by molar-refractivity contribution is 6.40. The summed E-state index contributed by atoms with van der Waals surface area (Å²) in [6.07, 6.45) is 0. The molecule has 0 aliphatic carbocycles. The summed E-state index contributed by atoms with van der Waals surface area (Å²) in [6, 6.07) is 7.46. The first kappa shape index (κ1) is 13.8. The van der Waals surface area contributed by atoms with Crippen molar-refractivity contribution >= 4 is 34.8 Å². The fourth-order valence-corrected chi connectivity index (χ4v) is 2.04. The van der Waals surface area contributed by atoms with Gasteiger partial charge >= 0.3 is 0 Å². The molecular formula is C13H7Cl2F2NO. The molecule has 0 saturated heterocycles. The first-order valence-corrected chi connectivity index (χ1v) is 5.95. The molecule has 0 aliphatic heterocycles. The van der Waals surface area contributed by atoms with Crippen LogP contribution in [0.1, 0.15) is 10.4 Å². The summed E-state index contributed by atoms with van der Waals surface area (Å²) in [5.74, 6) is -2.01. The molecule has 0 fully saturated rings. The van der Waals surface area contributed by atoms with Gasteiger partial charge in [-0.05, 0) is 24.3 Å². The molecule has 0 aromatic heterocycles. The number of anilines is 1. The maximum absolute atomic E-state index is 13.4. The first-order chi connectivity index (χ1) is 8.99. The standard InChI is InChI=1S/C13H7Cl2F2NO/c14-9-5-7(16)6-10(15)12(9)18-13(19)8-3-1-2-4-11(8)17/h1-6H,(H,18,19). The lowest BCUT2D eigenvalue weighted by Gasteiger charge is -2.09. The predicted octanol–water partition coefficient (Wildman–Crippen LogP) is 4.52. The topological polar surface area (TPSA) is 29.1 Å². The number of hydrogen-bond acceptors (Lipinski definition) is 1. The second-order valence-corrected chi connectivity index (χ2v) is 4.49. The summed E-state index contributed by atoms with van der Waals surface area (Å²) < 4.78 is 26.4. The van der Waals surface area contributed by atoms with Crippen LogP contribution >= 0.6 is 23.2 Å². The lowest BCUT2D eigenvalue weighted by molar-refractivity contribution is 0.102. The Bertz CT molecular complexity index is 623. The van der Waals surface area contributed by atoms with Crippen LogP contribution < -0.4 is 5.32 Å². The predicted molar refractivity (Wildman–Crippen MR) is 70.8 cm³/mol. The van der Waals surface area contributed by atoms with Crippen molar-refractivity contribution in [1.82, 2.24) is 0 Å². The van der Waals surface area contributed by atoms with Gasteiger partial charge in [-0.25, -0.2) is 8.78 Å². The molecule has 0 spiro atoms. The Balaban J connectivity index is 2.32. The monoisotopic (exact) mass is 301 g/mol. The summed E-state index contributed by atoms with van der Waals surface area (Å²) in [5.41, 5.74) is -0.114. The van der Waals surface area contributed by atoms with E-state index in [1.54, 1.807) is 0 Å². The van der Waals surface area contributed by atoms with E-state index in [2.05, 4.69) is 5.32 Å². The molecule has 0 bridgehead atoms. The van der Waals surface area contributed by atoms with Crippen LogP contribution in [0.5, 0.6) is 0 Å². The summed E-state index contributed by atoms with van der Waals surface area (Å²) in [5, 5.41) is 2.23. The molecule has 19 heavy (non-hydrogen) atoms. The lowest BCUT2D eigenvalue weighted by Crippen LogP contribution is -2.14. The number of rotatable bonds is 2. The Hall–Kier alpha value is -1.65. The second kappa shape index (κ2) is 5.55. The van der Waals surface area contributed by atoms with Crippen LogP contribution in [0.3, 0.4) is 0 Å². The average molecular weight is 302 g/mol. The van der Waals surface area contributed by atoms with Gasteiger partial charge in [0.2, 0.25) is 0 Å². The third kappa shape index (κ3) is 3.03. The first-order valence-electron chi connectivity index (χ1n) is 5.19. The van der Waals surface area contributed by atoms with E-state index in [1.165, 1.54) is 18.2 Å². The minimum atomic E-state index is -0.714. The van der Waals surface area contributed by atoms with Gasteiger partial charge in [0.25, 0.3) is 5.91 Å². The minimum absolute atomic E-state index is 0.0398. The van der Waals surface area contributed by atoms with Gasteiger partial charge in [0.05, 0.1) is 21.3 Å². The van der Waals surface area contributed by atoms with Crippen molar-refractivity contribution in [2.75, 3.05) is 5.32 Å². The zero-order valence-electron chi connectivity index (χ0n) is 9.38. The van der Waals surface area contributed by atoms with E-state index < -0.39 is 17.5 Å². The molecule has 2 rings (SSSR count). The largest absolute Gasteiger partial charge is 0.319 e. The molecule has 0 atom stereocenters. The highest BCUT2D eigenvalue weighted by Crippen LogP contribution is 2.31. The van der Waals surface area contributed by atoms with Crippen LogP contribution in [-0.2, 0) is 0 Å². The molecule has 1 N–H and O–H groups in total. The molecule has 0 aliphatic rings. The Labute approximate surface area is 118 Å². The smallest absolute Gasteiger partial charge is 0.258 e. The lowest BCUT2D eigenvalue weighted by atomic mass is 10.2. The Morgan fingerprint density at radius 1 is 1.05 bits per heavy atom. The molecule has 0 unspecified atom stereocenters. The van der Waals surface area contributed by atoms with Crippen molar-refractivity contribution in [2.24, 2.45) is 0 Å². The molecule has 2 nitrogen and oxygen atoms in total. The average Bonchev–Trinajstić information content (AvgIpc) is 2.34.